The van der Waals surface area contributed by atoms with Crippen LogP contribution in [-0.2, 0) is 10.0 Å². The van der Waals surface area contributed by atoms with Gasteiger partial charge in [0.15, 0.2) is 0 Å². The Morgan fingerprint density at radius 3 is 2.38 bits per heavy atom. The van der Waals surface area contributed by atoms with E-state index in [0.717, 1.165) is 36.5 Å². The van der Waals surface area contributed by atoms with Gasteiger partial charge in [0.2, 0.25) is 10.0 Å². The summed E-state index contributed by atoms with van der Waals surface area (Å²) in [6.45, 7) is 0. The zero-order valence-corrected chi connectivity index (χ0v) is 12.6. The Bertz CT molecular complexity index is 730. The number of fused-ring (bicyclic) bond motifs is 1. The fraction of sp³-hybridized carbons (Fsp3) is 0.375. The molecule has 0 aromatic heterocycles. The molecule has 1 aliphatic rings. The summed E-state index contributed by atoms with van der Waals surface area (Å²) in [4.78, 5) is 0.357. The summed E-state index contributed by atoms with van der Waals surface area (Å²) < 4.78 is 28.1. The third-order valence-corrected chi connectivity index (χ3v) is 5.71. The highest BCUT2D eigenvalue weighted by Crippen LogP contribution is 2.24. The van der Waals surface area contributed by atoms with Crippen LogP contribution in [0.3, 0.4) is 0 Å². The van der Waals surface area contributed by atoms with Gasteiger partial charge in [0, 0.05) is 17.5 Å². The van der Waals surface area contributed by atoms with Crippen molar-refractivity contribution in [3.63, 3.8) is 0 Å². The maximum absolute atomic E-state index is 12.7. The van der Waals surface area contributed by atoms with Gasteiger partial charge >= 0.3 is 0 Å². The van der Waals surface area contributed by atoms with E-state index in [9.17, 15) is 8.42 Å². The molecule has 1 aliphatic carbocycles. The van der Waals surface area contributed by atoms with Crippen LogP contribution in [0.4, 0.5) is 0 Å². The lowest BCUT2D eigenvalue weighted by Crippen LogP contribution is -2.40. The van der Waals surface area contributed by atoms with Crippen molar-refractivity contribution in [3.05, 3.63) is 42.5 Å². The fourth-order valence-corrected chi connectivity index (χ4v) is 4.48. The Morgan fingerprint density at radius 2 is 1.62 bits per heavy atom. The van der Waals surface area contributed by atoms with Crippen LogP contribution in [0.1, 0.15) is 25.7 Å². The molecule has 3 N–H and O–H groups in total. The first-order valence-corrected chi connectivity index (χ1v) is 8.80. The molecule has 0 spiro atoms. The Morgan fingerprint density at radius 1 is 0.952 bits per heavy atom. The molecular weight excluding hydrogens is 284 g/mol. The molecule has 21 heavy (non-hydrogen) atoms. The van der Waals surface area contributed by atoms with E-state index in [-0.39, 0.29) is 12.1 Å². The summed E-state index contributed by atoms with van der Waals surface area (Å²) in [5, 5.41) is 1.70. The quantitative estimate of drug-likeness (QED) is 0.914. The minimum absolute atomic E-state index is 0.00577. The number of nitrogens with two attached hydrogens (primary N) is 1. The van der Waals surface area contributed by atoms with E-state index in [4.69, 9.17) is 5.73 Å². The molecule has 1 fully saturated rings. The largest absolute Gasteiger partial charge is 0.328 e. The smallest absolute Gasteiger partial charge is 0.241 e. The SMILES string of the molecule is NC1CCC(NS(=O)(=O)c2cccc3ccccc23)CC1. The van der Waals surface area contributed by atoms with E-state index in [1.54, 1.807) is 12.1 Å². The minimum atomic E-state index is -3.49. The molecular formula is C16H20N2O2S. The number of sulfonamides is 1. The first-order chi connectivity index (χ1) is 10.1. The molecule has 3 rings (SSSR count). The molecule has 0 aliphatic heterocycles. The highest BCUT2D eigenvalue weighted by Gasteiger charge is 2.25. The molecule has 2 aromatic rings. The van der Waals surface area contributed by atoms with Crippen LogP contribution in [0.25, 0.3) is 10.8 Å². The van der Waals surface area contributed by atoms with Gasteiger partial charge in [-0.3, -0.25) is 0 Å². The Kier molecular flexibility index (Phi) is 3.97. The first kappa shape index (κ1) is 14.5. The average molecular weight is 304 g/mol. The van der Waals surface area contributed by atoms with Gasteiger partial charge in [0.1, 0.15) is 0 Å². The zero-order chi connectivity index (χ0) is 14.9. The van der Waals surface area contributed by atoms with Crippen LogP contribution in [0.5, 0.6) is 0 Å². The van der Waals surface area contributed by atoms with E-state index in [0.29, 0.717) is 4.90 Å². The van der Waals surface area contributed by atoms with Crippen molar-refractivity contribution >= 4 is 20.8 Å². The van der Waals surface area contributed by atoms with E-state index in [1.165, 1.54) is 0 Å². The highest BCUT2D eigenvalue weighted by molar-refractivity contribution is 7.89. The molecule has 0 unspecified atom stereocenters. The van der Waals surface area contributed by atoms with Crippen LogP contribution >= 0.6 is 0 Å². The Hall–Kier alpha value is -1.43. The second-order valence-electron chi connectivity index (χ2n) is 5.71. The molecule has 4 nitrogen and oxygen atoms in total. The van der Waals surface area contributed by atoms with Gasteiger partial charge in [-0.1, -0.05) is 36.4 Å². The first-order valence-electron chi connectivity index (χ1n) is 7.32. The van der Waals surface area contributed by atoms with Gasteiger partial charge in [-0.2, -0.15) is 0 Å². The molecule has 0 radical (unpaired) electrons. The summed E-state index contributed by atoms with van der Waals surface area (Å²) in [6.07, 6.45) is 3.38. The third kappa shape index (κ3) is 3.10. The summed E-state index contributed by atoms with van der Waals surface area (Å²) in [5.74, 6) is 0. The zero-order valence-electron chi connectivity index (χ0n) is 11.8. The fourth-order valence-electron chi connectivity index (χ4n) is 2.95. The number of hydrogen-bond donors (Lipinski definition) is 2. The van der Waals surface area contributed by atoms with Crippen molar-refractivity contribution in [1.82, 2.24) is 4.72 Å². The summed E-state index contributed by atoms with van der Waals surface area (Å²) in [6, 6.07) is 13.1. The highest BCUT2D eigenvalue weighted by atomic mass is 32.2. The Labute approximate surface area is 125 Å². The molecule has 5 heteroatoms. The van der Waals surface area contributed by atoms with E-state index < -0.39 is 10.0 Å². The van der Waals surface area contributed by atoms with Crippen molar-refractivity contribution in [2.45, 2.75) is 42.7 Å². The lowest BCUT2D eigenvalue weighted by molar-refractivity contribution is 0.373. The maximum atomic E-state index is 12.7. The minimum Gasteiger partial charge on any atom is -0.328 e. The second kappa shape index (κ2) is 5.75. The lowest BCUT2D eigenvalue weighted by atomic mass is 9.93. The summed E-state index contributed by atoms with van der Waals surface area (Å²) >= 11 is 0. The molecule has 0 bridgehead atoms. The Balaban J connectivity index is 1.90. The summed E-state index contributed by atoms with van der Waals surface area (Å²) in [5.41, 5.74) is 5.87. The second-order valence-corrected chi connectivity index (χ2v) is 7.39. The van der Waals surface area contributed by atoms with Crippen LogP contribution in [-0.4, -0.2) is 20.5 Å². The molecule has 112 valence electrons. The van der Waals surface area contributed by atoms with E-state index in [1.807, 2.05) is 30.3 Å². The maximum Gasteiger partial charge on any atom is 0.241 e. The average Bonchev–Trinajstić information content (AvgIpc) is 2.49. The number of hydrogen-bond acceptors (Lipinski definition) is 3. The molecule has 0 saturated heterocycles. The molecule has 0 atom stereocenters. The van der Waals surface area contributed by atoms with Crippen LogP contribution < -0.4 is 10.5 Å². The number of rotatable bonds is 3. The molecule has 2 aromatic carbocycles. The van der Waals surface area contributed by atoms with Crippen LogP contribution in [0, 0.1) is 0 Å². The third-order valence-electron chi connectivity index (χ3n) is 4.13. The van der Waals surface area contributed by atoms with Crippen molar-refractivity contribution in [2.24, 2.45) is 5.73 Å². The van der Waals surface area contributed by atoms with Gasteiger partial charge in [0.25, 0.3) is 0 Å². The molecule has 0 heterocycles. The predicted octanol–water partition coefficient (Wildman–Crippen LogP) is 2.39. The van der Waals surface area contributed by atoms with Crippen molar-refractivity contribution in [1.29, 1.82) is 0 Å². The summed E-state index contributed by atoms with van der Waals surface area (Å²) in [7, 11) is -3.49. The van der Waals surface area contributed by atoms with E-state index in [2.05, 4.69) is 4.72 Å². The normalized spacial score (nSPS) is 23.3. The molecule has 1 saturated carbocycles. The predicted molar refractivity (Wildman–Crippen MR) is 84.5 cm³/mol. The van der Waals surface area contributed by atoms with Gasteiger partial charge in [-0.25, -0.2) is 13.1 Å². The van der Waals surface area contributed by atoms with Gasteiger partial charge in [-0.15, -0.1) is 0 Å². The van der Waals surface area contributed by atoms with Gasteiger partial charge in [0.05, 0.1) is 4.90 Å². The number of benzene rings is 2. The lowest BCUT2D eigenvalue weighted by Gasteiger charge is -2.26. The van der Waals surface area contributed by atoms with Crippen molar-refractivity contribution < 1.29 is 8.42 Å². The van der Waals surface area contributed by atoms with Gasteiger partial charge < -0.3 is 5.73 Å². The standard InChI is InChI=1S/C16H20N2O2S/c17-13-8-10-14(11-9-13)18-21(19,20)16-7-3-5-12-4-1-2-6-15(12)16/h1-7,13-14,18H,8-11,17H2. The van der Waals surface area contributed by atoms with Crippen molar-refractivity contribution in [3.8, 4) is 0 Å². The van der Waals surface area contributed by atoms with Gasteiger partial charge in [-0.05, 0) is 37.1 Å². The molecule has 0 amide bonds. The number of nitrogens with one attached hydrogen (secondary N) is 1. The van der Waals surface area contributed by atoms with Crippen LogP contribution in [0.15, 0.2) is 47.4 Å². The topological polar surface area (TPSA) is 72.2 Å². The monoisotopic (exact) mass is 304 g/mol. The van der Waals surface area contributed by atoms with Crippen molar-refractivity contribution in [2.75, 3.05) is 0 Å². The van der Waals surface area contributed by atoms with Crippen LogP contribution in [0.2, 0.25) is 0 Å². The van der Waals surface area contributed by atoms with E-state index >= 15 is 0 Å².